The van der Waals surface area contributed by atoms with Crippen molar-refractivity contribution in [3.63, 3.8) is 0 Å². The fraction of sp³-hybridized carbons (Fsp3) is 0.214. The molecule has 4 heteroatoms. The van der Waals surface area contributed by atoms with Crippen molar-refractivity contribution in [1.82, 2.24) is 4.98 Å². The van der Waals surface area contributed by atoms with Gasteiger partial charge in [0.05, 0.1) is 11.9 Å². The van der Waals surface area contributed by atoms with Crippen LogP contribution in [0.1, 0.15) is 22.5 Å². The van der Waals surface area contributed by atoms with E-state index >= 15 is 0 Å². The Balaban J connectivity index is 2.07. The molecule has 3 nitrogen and oxygen atoms in total. The molecule has 0 aliphatic heterocycles. The minimum absolute atomic E-state index is 0.740. The van der Waals surface area contributed by atoms with Crippen LogP contribution in [0.2, 0.25) is 5.02 Å². The summed E-state index contributed by atoms with van der Waals surface area (Å²) in [5, 5.41) is 4.94. The zero-order valence-electron chi connectivity index (χ0n) is 10.7. The third-order valence-corrected chi connectivity index (χ3v) is 3.17. The van der Waals surface area contributed by atoms with Crippen molar-refractivity contribution in [3.05, 3.63) is 51.8 Å². The van der Waals surface area contributed by atoms with Crippen LogP contribution in [-0.4, -0.2) is 11.2 Å². The molecule has 0 bridgehead atoms. The maximum absolute atomic E-state index is 6.04. The van der Waals surface area contributed by atoms with E-state index in [0.717, 1.165) is 33.2 Å². The molecular weight excluding hydrogens is 246 g/mol. The van der Waals surface area contributed by atoms with Crippen LogP contribution in [0.4, 0.5) is 5.69 Å². The van der Waals surface area contributed by atoms with Gasteiger partial charge in [-0.15, -0.1) is 0 Å². The first-order valence-corrected chi connectivity index (χ1v) is 6.15. The number of hydrogen-bond acceptors (Lipinski definition) is 2. The Hall–Kier alpha value is -1.74. The van der Waals surface area contributed by atoms with E-state index in [1.54, 1.807) is 6.21 Å². The highest BCUT2D eigenvalue weighted by molar-refractivity contribution is 6.31. The molecule has 2 rings (SSSR count). The maximum atomic E-state index is 6.04. The average molecular weight is 262 g/mol. The Bertz CT molecular complexity index is 585. The summed E-state index contributed by atoms with van der Waals surface area (Å²) < 4.78 is 0. The van der Waals surface area contributed by atoms with E-state index in [1.165, 1.54) is 0 Å². The Labute approximate surface area is 112 Å². The van der Waals surface area contributed by atoms with E-state index < -0.39 is 0 Å². The van der Waals surface area contributed by atoms with Crippen molar-refractivity contribution < 1.29 is 0 Å². The number of halogens is 1. The van der Waals surface area contributed by atoms with Crippen LogP contribution in [-0.2, 0) is 0 Å². The molecule has 2 aromatic rings. The van der Waals surface area contributed by atoms with Gasteiger partial charge in [0, 0.05) is 22.0 Å². The second-order valence-corrected chi connectivity index (χ2v) is 4.77. The zero-order valence-corrected chi connectivity index (χ0v) is 11.5. The Morgan fingerprint density at radius 1 is 1.22 bits per heavy atom. The number of nitrogens with zero attached hydrogens (tertiary/aromatic N) is 1. The zero-order chi connectivity index (χ0) is 13.1. The second-order valence-electron chi connectivity index (χ2n) is 4.37. The fourth-order valence-corrected chi connectivity index (χ4v) is 1.90. The van der Waals surface area contributed by atoms with Gasteiger partial charge in [-0.25, -0.2) is 0 Å². The number of rotatable bonds is 3. The van der Waals surface area contributed by atoms with Gasteiger partial charge in [-0.3, -0.25) is 5.43 Å². The number of aromatic nitrogens is 1. The Kier molecular flexibility index (Phi) is 3.72. The summed E-state index contributed by atoms with van der Waals surface area (Å²) in [6, 6.07) is 7.84. The fourth-order valence-electron chi connectivity index (χ4n) is 1.72. The third-order valence-electron chi connectivity index (χ3n) is 2.76. The lowest BCUT2D eigenvalue weighted by atomic mass is 10.2. The highest BCUT2D eigenvalue weighted by atomic mass is 35.5. The van der Waals surface area contributed by atoms with E-state index in [9.17, 15) is 0 Å². The molecule has 0 spiro atoms. The van der Waals surface area contributed by atoms with Gasteiger partial charge in [-0.2, -0.15) is 5.10 Å². The molecule has 2 N–H and O–H groups in total. The molecular formula is C14H16ClN3. The lowest BCUT2D eigenvalue weighted by Crippen LogP contribution is -1.91. The lowest BCUT2D eigenvalue weighted by molar-refractivity contribution is 1.19. The quantitative estimate of drug-likeness (QED) is 0.635. The number of hydrazone groups is 1. The summed E-state index contributed by atoms with van der Waals surface area (Å²) in [7, 11) is 0. The van der Waals surface area contributed by atoms with Crippen molar-refractivity contribution in [2.45, 2.75) is 20.8 Å². The van der Waals surface area contributed by atoms with Crippen LogP contribution in [0.3, 0.4) is 0 Å². The second kappa shape index (κ2) is 5.27. The van der Waals surface area contributed by atoms with Crippen LogP contribution in [0, 0.1) is 20.8 Å². The number of hydrogen-bond donors (Lipinski definition) is 2. The molecule has 0 atom stereocenters. The molecule has 1 aromatic carbocycles. The van der Waals surface area contributed by atoms with Gasteiger partial charge in [-0.05, 0) is 44.5 Å². The topological polar surface area (TPSA) is 40.2 Å². The SMILES string of the molecule is Cc1cc(/C=N/Nc2ccc(C)c(Cl)c2)c(C)[nH]1. The Morgan fingerprint density at radius 3 is 2.61 bits per heavy atom. The van der Waals surface area contributed by atoms with Crippen molar-refractivity contribution in [2.75, 3.05) is 5.43 Å². The molecule has 0 aliphatic carbocycles. The Morgan fingerprint density at radius 2 is 2.00 bits per heavy atom. The minimum Gasteiger partial charge on any atom is -0.362 e. The number of aromatic amines is 1. The summed E-state index contributed by atoms with van der Waals surface area (Å²) in [5.41, 5.74) is 8.23. The smallest absolute Gasteiger partial charge is 0.0576 e. The van der Waals surface area contributed by atoms with E-state index in [4.69, 9.17) is 11.6 Å². The van der Waals surface area contributed by atoms with Gasteiger partial charge >= 0.3 is 0 Å². The van der Waals surface area contributed by atoms with Gasteiger partial charge in [0.1, 0.15) is 0 Å². The molecule has 0 fully saturated rings. The predicted octanol–water partition coefficient (Wildman–Crippen LogP) is 4.04. The molecule has 0 saturated heterocycles. The van der Waals surface area contributed by atoms with Crippen molar-refractivity contribution in [2.24, 2.45) is 5.10 Å². The number of benzene rings is 1. The van der Waals surface area contributed by atoms with E-state index in [0.29, 0.717) is 0 Å². The third kappa shape index (κ3) is 2.93. The van der Waals surface area contributed by atoms with Gasteiger partial charge < -0.3 is 4.98 Å². The van der Waals surface area contributed by atoms with E-state index in [-0.39, 0.29) is 0 Å². The van der Waals surface area contributed by atoms with Crippen LogP contribution >= 0.6 is 11.6 Å². The highest BCUT2D eigenvalue weighted by Gasteiger charge is 1.99. The maximum Gasteiger partial charge on any atom is 0.0576 e. The summed E-state index contributed by atoms with van der Waals surface area (Å²) >= 11 is 6.04. The van der Waals surface area contributed by atoms with Crippen LogP contribution in [0.5, 0.6) is 0 Å². The van der Waals surface area contributed by atoms with Crippen molar-refractivity contribution >= 4 is 23.5 Å². The first kappa shape index (κ1) is 12.7. The molecule has 1 heterocycles. The first-order chi connectivity index (χ1) is 8.56. The van der Waals surface area contributed by atoms with Crippen LogP contribution in [0.15, 0.2) is 29.4 Å². The molecule has 0 unspecified atom stereocenters. The molecule has 0 saturated carbocycles. The van der Waals surface area contributed by atoms with E-state index in [2.05, 4.69) is 21.6 Å². The largest absolute Gasteiger partial charge is 0.362 e. The summed E-state index contributed by atoms with van der Waals surface area (Å²) in [5.74, 6) is 0. The first-order valence-electron chi connectivity index (χ1n) is 5.77. The lowest BCUT2D eigenvalue weighted by Gasteiger charge is -2.02. The van der Waals surface area contributed by atoms with E-state index in [1.807, 2.05) is 39.0 Å². The molecule has 1 aromatic heterocycles. The number of anilines is 1. The number of aryl methyl sites for hydroxylation is 3. The normalized spacial score (nSPS) is 11.1. The molecule has 0 radical (unpaired) electrons. The molecule has 0 aliphatic rings. The average Bonchev–Trinajstić information content (AvgIpc) is 2.63. The predicted molar refractivity (Wildman–Crippen MR) is 77.7 cm³/mol. The van der Waals surface area contributed by atoms with Gasteiger partial charge in [0.2, 0.25) is 0 Å². The molecule has 18 heavy (non-hydrogen) atoms. The van der Waals surface area contributed by atoms with Crippen LogP contribution < -0.4 is 5.43 Å². The summed E-state index contributed by atoms with van der Waals surface area (Å²) in [4.78, 5) is 3.23. The van der Waals surface area contributed by atoms with Crippen molar-refractivity contribution in [1.29, 1.82) is 0 Å². The van der Waals surface area contributed by atoms with Crippen molar-refractivity contribution in [3.8, 4) is 0 Å². The standard InChI is InChI=1S/C14H16ClN3/c1-9-4-5-13(7-14(9)15)18-16-8-12-6-10(2)17-11(12)3/h4-8,17-18H,1-3H3/b16-8+. The van der Waals surface area contributed by atoms with Gasteiger partial charge in [-0.1, -0.05) is 17.7 Å². The monoisotopic (exact) mass is 261 g/mol. The summed E-state index contributed by atoms with van der Waals surface area (Å²) in [6.45, 7) is 6.02. The van der Waals surface area contributed by atoms with Gasteiger partial charge in [0.15, 0.2) is 0 Å². The molecule has 94 valence electrons. The number of nitrogens with one attached hydrogen (secondary N) is 2. The summed E-state index contributed by atoms with van der Waals surface area (Å²) in [6.07, 6.45) is 1.80. The molecule has 0 amide bonds. The number of H-pyrrole nitrogens is 1. The minimum atomic E-state index is 0.740. The van der Waals surface area contributed by atoms with Gasteiger partial charge in [0.25, 0.3) is 0 Å². The highest BCUT2D eigenvalue weighted by Crippen LogP contribution is 2.19. The van der Waals surface area contributed by atoms with Crippen LogP contribution in [0.25, 0.3) is 0 Å².